The number of carbonyl (C=O) groups excluding carboxylic acids is 2. The van der Waals surface area contributed by atoms with E-state index in [4.69, 9.17) is 5.73 Å². The van der Waals surface area contributed by atoms with Crippen LogP contribution in [0.15, 0.2) is 24.3 Å². The summed E-state index contributed by atoms with van der Waals surface area (Å²) in [6.07, 6.45) is 2.77. The number of amides is 2. The molecule has 0 unspecified atom stereocenters. The molecule has 4 nitrogen and oxygen atoms in total. The molecule has 23 heavy (non-hydrogen) atoms. The van der Waals surface area contributed by atoms with Crippen LogP contribution in [0.4, 0.5) is 9.39 Å². The van der Waals surface area contributed by atoms with E-state index in [1.165, 1.54) is 35.6 Å². The number of aryl methyl sites for hydroxylation is 1. The van der Waals surface area contributed by atoms with Gasteiger partial charge >= 0.3 is 0 Å². The lowest BCUT2D eigenvalue weighted by atomic mass is 9.87. The molecule has 1 aromatic carbocycles. The summed E-state index contributed by atoms with van der Waals surface area (Å²) < 4.78 is 12.9. The van der Waals surface area contributed by atoms with Gasteiger partial charge < -0.3 is 11.1 Å². The predicted octanol–water partition coefficient (Wildman–Crippen LogP) is 3.36. The Labute approximate surface area is 137 Å². The third-order valence-corrected chi connectivity index (χ3v) is 5.29. The van der Waals surface area contributed by atoms with Gasteiger partial charge in [-0.3, -0.25) is 9.59 Å². The van der Waals surface area contributed by atoms with Gasteiger partial charge in [0.1, 0.15) is 10.8 Å². The predicted molar refractivity (Wildman–Crippen MR) is 88.4 cm³/mol. The van der Waals surface area contributed by atoms with Crippen LogP contribution in [-0.4, -0.2) is 11.8 Å². The van der Waals surface area contributed by atoms with Gasteiger partial charge in [-0.05, 0) is 55.0 Å². The van der Waals surface area contributed by atoms with Gasteiger partial charge in [0.05, 0.1) is 5.56 Å². The lowest BCUT2D eigenvalue weighted by molar-refractivity contribution is 0.1000. The Kier molecular flexibility index (Phi) is 4.17. The molecule has 2 amide bonds. The molecule has 3 rings (SSSR count). The van der Waals surface area contributed by atoms with Gasteiger partial charge in [0.15, 0.2) is 0 Å². The van der Waals surface area contributed by atoms with Crippen LogP contribution in [0.1, 0.15) is 44.5 Å². The molecule has 0 saturated carbocycles. The molecular formula is C17H17FN2O2S. The van der Waals surface area contributed by atoms with Crippen molar-refractivity contribution in [1.82, 2.24) is 0 Å². The fourth-order valence-electron chi connectivity index (χ4n) is 2.88. The normalized spacial score (nSPS) is 16.7. The molecule has 0 bridgehead atoms. The minimum Gasteiger partial charge on any atom is -0.365 e. The van der Waals surface area contributed by atoms with Crippen LogP contribution in [0.5, 0.6) is 0 Å². The Morgan fingerprint density at radius 2 is 2.00 bits per heavy atom. The summed E-state index contributed by atoms with van der Waals surface area (Å²) in [5, 5.41) is 3.25. The molecular weight excluding hydrogens is 315 g/mol. The summed E-state index contributed by atoms with van der Waals surface area (Å²) in [5.41, 5.74) is 7.26. The summed E-state index contributed by atoms with van der Waals surface area (Å²) in [4.78, 5) is 25.3. The first-order chi connectivity index (χ1) is 11.0. The Hall–Kier alpha value is -2.21. The van der Waals surface area contributed by atoms with Gasteiger partial charge in [-0.1, -0.05) is 6.92 Å². The SMILES string of the molecule is C[C@H]1CCc2sc(NC(=O)c3ccc(F)cc3)c(C(N)=O)c2C1. The summed E-state index contributed by atoms with van der Waals surface area (Å²) in [6.45, 7) is 2.14. The number of fused-ring (bicyclic) bond motifs is 1. The zero-order valence-corrected chi connectivity index (χ0v) is 13.5. The van der Waals surface area contributed by atoms with E-state index in [2.05, 4.69) is 12.2 Å². The quantitative estimate of drug-likeness (QED) is 0.904. The zero-order valence-electron chi connectivity index (χ0n) is 12.7. The van der Waals surface area contributed by atoms with Crippen molar-refractivity contribution in [3.05, 3.63) is 51.7 Å². The second kappa shape index (κ2) is 6.12. The molecule has 6 heteroatoms. The monoisotopic (exact) mass is 332 g/mol. The molecule has 1 aliphatic rings. The van der Waals surface area contributed by atoms with Gasteiger partial charge in [-0.25, -0.2) is 4.39 Å². The van der Waals surface area contributed by atoms with Crippen LogP contribution in [-0.2, 0) is 12.8 Å². The van der Waals surface area contributed by atoms with Crippen molar-refractivity contribution in [1.29, 1.82) is 0 Å². The van der Waals surface area contributed by atoms with Crippen molar-refractivity contribution in [3.8, 4) is 0 Å². The number of primary amides is 1. The average molecular weight is 332 g/mol. The largest absolute Gasteiger partial charge is 0.365 e. The first-order valence-corrected chi connectivity index (χ1v) is 8.28. The fraction of sp³-hybridized carbons (Fsp3) is 0.294. The summed E-state index contributed by atoms with van der Waals surface area (Å²) in [5.74, 6) is -0.805. The first kappa shape index (κ1) is 15.7. The van der Waals surface area contributed by atoms with Crippen LogP contribution in [0.2, 0.25) is 0 Å². The van der Waals surface area contributed by atoms with Crippen molar-refractivity contribution in [3.63, 3.8) is 0 Å². The number of nitrogens with one attached hydrogen (secondary N) is 1. The summed E-state index contributed by atoms with van der Waals surface area (Å²) in [7, 11) is 0. The molecule has 1 aromatic heterocycles. The maximum Gasteiger partial charge on any atom is 0.256 e. The minimum atomic E-state index is -0.522. The van der Waals surface area contributed by atoms with Gasteiger partial charge in [-0.2, -0.15) is 0 Å². The van der Waals surface area contributed by atoms with E-state index in [1.807, 2.05) is 0 Å². The second-order valence-electron chi connectivity index (χ2n) is 5.88. The number of thiophene rings is 1. The van der Waals surface area contributed by atoms with E-state index in [1.54, 1.807) is 0 Å². The molecule has 0 aliphatic heterocycles. The molecule has 2 aromatic rings. The van der Waals surface area contributed by atoms with Crippen molar-refractivity contribution in [2.24, 2.45) is 11.7 Å². The molecule has 1 aliphatic carbocycles. The maximum absolute atomic E-state index is 12.9. The Balaban J connectivity index is 1.92. The van der Waals surface area contributed by atoms with E-state index in [0.29, 0.717) is 22.0 Å². The van der Waals surface area contributed by atoms with E-state index in [0.717, 1.165) is 29.7 Å². The number of hydrogen-bond donors (Lipinski definition) is 2. The second-order valence-corrected chi connectivity index (χ2v) is 6.99. The molecule has 1 atom stereocenters. The number of anilines is 1. The van der Waals surface area contributed by atoms with E-state index < -0.39 is 11.7 Å². The fourth-order valence-corrected chi connectivity index (χ4v) is 4.13. The molecule has 0 radical (unpaired) electrons. The number of benzene rings is 1. The zero-order chi connectivity index (χ0) is 16.6. The van der Waals surface area contributed by atoms with Crippen LogP contribution < -0.4 is 11.1 Å². The molecule has 1 heterocycles. The number of rotatable bonds is 3. The topological polar surface area (TPSA) is 72.2 Å². The number of hydrogen-bond acceptors (Lipinski definition) is 3. The average Bonchev–Trinajstić information content (AvgIpc) is 2.84. The van der Waals surface area contributed by atoms with E-state index >= 15 is 0 Å². The van der Waals surface area contributed by atoms with Crippen molar-refractivity contribution >= 4 is 28.2 Å². The number of nitrogens with two attached hydrogens (primary N) is 1. The van der Waals surface area contributed by atoms with Crippen LogP contribution >= 0.6 is 11.3 Å². The molecule has 0 fully saturated rings. The number of halogens is 1. The maximum atomic E-state index is 12.9. The summed E-state index contributed by atoms with van der Waals surface area (Å²) >= 11 is 1.41. The van der Waals surface area contributed by atoms with Crippen molar-refractivity contribution in [2.75, 3.05) is 5.32 Å². The standard InChI is InChI=1S/C17H17FN2O2S/c1-9-2-7-13-12(8-9)14(15(19)21)17(23-13)20-16(22)10-3-5-11(18)6-4-10/h3-6,9H,2,7-8H2,1H3,(H2,19,21)(H,20,22)/t9-/m0/s1. The molecule has 0 saturated heterocycles. The Morgan fingerprint density at radius 1 is 1.30 bits per heavy atom. The third kappa shape index (κ3) is 3.12. The van der Waals surface area contributed by atoms with Crippen molar-refractivity contribution in [2.45, 2.75) is 26.2 Å². The van der Waals surface area contributed by atoms with Crippen molar-refractivity contribution < 1.29 is 14.0 Å². The van der Waals surface area contributed by atoms with Crippen LogP contribution in [0, 0.1) is 11.7 Å². The van der Waals surface area contributed by atoms with E-state index in [-0.39, 0.29) is 5.91 Å². The van der Waals surface area contributed by atoms with Gasteiger partial charge in [0, 0.05) is 10.4 Å². The number of carbonyl (C=O) groups is 2. The van der Waals surface area contributed by atoms with Crippen LogP contribution in [0.3, 0.4) is 0 Å². The third-order valence-electron chi connectivity index (χ3n) is 4.09. The minimum absolute atomic E-state index is 0.335. The van der Waals surface area contributed by atoms with Gasteiger partial charge in [0.25, 0.3) is 11.8 Å². The Morgan fingerprint density at radius 3 is 2.65 bits per heavy atom. The highest BCUT2D eigenvalue weighted by atomic mass is 32.1. The lowest BCUT2D eigenvalue weighted by Gasteiger charge is -2.18. The summed E-state index contributed by atoms with van der Waals surface area (Å²) in [6, 6.07) is 5.27. The molecule has 120 valence electrons. The molecule has 0 spiro atoms. The van der Waals surface area contributed by atoms with Gasteiger partial charge in [-0.15, -0.1) is 11.3 Å². The first-order valence-electron chi connectivity index (χ1n) is 7.47. The Bertz CT molecular complexity index is 768. The highest BCUT2D eigenvalue weighted by molar-refractivity contribution is 7.17. The van der Waals surface area contributed by atoms with Gasteiger partial charge in [0.2, 0.25) is 0 Å². The molecule has 3 N–H and O–H groups in total. The van der Waals surface area contributed by atoms with Crippen LogP contribution in [0.25, 0.3) is 0 Å². The smallest absolute Gasteiger partial charge is 0.256 e. The highest BCUT2D eigenvalue weighted by Gasteiger charge is 2.27. The lowest BCUT2D eigenvalue weighted by Crippen LogP contribution is -2.19. The van der Waals surface area contributed by atoms with E-state index in [9.17, 15) is 14.0 Å². The highest BCUT2D eigenvalue weighted by Crippen LogP contribution is 2.39.